The van der Waals surface area contributed by atoms with Crippen molar-refractivity contribution < 1.29 is 13.2 Å². The van der Waals surface area contributed by atoms with Gasteiger partial charge in [0.05, 0.1) is 6.54 Å². The second-order valence-electron chi connectivity index (χ2n) is 6.80. The average Bonchev–Trinajstić information content (AvgIpc) is 2.61. The van der Waals surface area contributed by atoms with Crippen LogP contribution in [0.2, 0.25) is 0 Å². The van der Waals surface area contributed by atoms with Crippen LogP contribution in [0.1, 0.15) is 40.3 Å². The van der Waals surface area contributed by atoms with Crippen molar-refractivity contribution in [3.05, 3.63) is 18.0 Å². The Kier molecular flexibility index (Phi) is 9.98. The lowest BCUT2D eigenvalue weighted by Crippen LogP contribution is -2.41. The van der Waals surface area contributed by atoms with Crippen molar-refractivity contribution in [2.75, 3.05) is 38.0 Å². The smallest absolute Gasteiger partial charge is 0.357 e. The Morgan fingerprint density at radius 2 is 1.82 bits per heavy atom. The van der Waals surface area contributed by atoms with Gasteiger partial charge in [-0.15, -0.1) is 0 Å². The summed E-state index contributed by atoms with van der Waals surface area (Å²) in [7, 11) is 0. The molecular formula is C18H32F3N7. The third-order valence-electron chi connectivity index (χ3n) is 3.95. The summed E-state index contributed by atoms with van der Waals surface area (Å²) in [4.78, 5) is 14.2. The first-order valence-electron chi connectivity index (χ1n) is 9.57. The number of halogens is 3. The molecule has 0 unspecified atom stereocenters. The Morgan fingerprint density at radius 3 is 2.39 bits per heavy atom. The van der Waals surface area contributed by atoms with E-state index in [4.69, 9.17) is 0 Å². The summed E-state index contributed by atoms with van der Waals surface area (Å²) in [6, 6.07) is 1.74. The summed E-state index contributed by atoms with van der Waals surface area (Å²) in [5.74, 6) is 0.616. The van der Waals surface area contributed by atoms with Crippen LogP contribution in [0.15, 0.2) is 17.3 Å². The van der Waals surface area contributed by atoms with E-state index in [1.165, 1.54) is 0 Å². The summed E-state index contributed by atoms with van der Waals surface area (Å²) in [6.07, 6.45) is -3.39. The monoisotopic (exact) mass is 403 g/mol. The molecule has 0 bridgehead atoms. The standard InChI is InChI=1S/C18H32F3N7/c1-6-22-16(26-11-12-28(13(2)3)14(4)5)24-9-10-25-17-23-8-7-15(27-17)18(19,20)21/h7-8,13-14H,6,9-12H2,1-5H3,(H2,22,24,26)(H,23,25,27). The van der Waals surface area contributed by atoms with Gasteiger partial charge in [-0.05, 0) is 40.7 Å². The molecule has 0 spiro atoms. The van der Waals surface area contributed by atoms with Gasteiger partial charge in [0, 0.05) is 44.5 Å². The zero-order valence-corrected chi connectivity index (χ0v) is 17.3. The fourth-order valence-electron chi connectivity index (χ4n) is 2.69. The van der Waals surface area contributed by atoms with Crippen LogP contribution in [0.4, 0.5) is 19.1 Å². The average molecular weight is 403 g/mol. The molecule has 0 aliphatic heterocycles. The molecule has 0 atom stereocenters. The lowest BCUT2D eigenvalue weighted by Gasteiger charge is -2.29. The van der Waals surface area contributed by atoms with Crippen molar-refractivity contribution in [3.63, 3.8) is 0 Å². The normalized spacial score (nSPS) is 12.8. The molecule has 0 amide bonds. The Hall–Kier alpha value is -2.10. The van der Waals surface area contributed by atoms with Gasteiger partial charge < -0.3 is 16.0 Å². The van der Waals surface area contributed by atoms with Crippen LogP contribution in [0.3, 0.4) is 0 Å². The molecule has 0 saturated carbocycles. The zero-order valence-electron chi connectivity index (χ0n) is 17.3. The molecule has 1 heterocycles. The number of aliphatic imine (C=N–C) groups is 1. The Labute approximate surface area is 165 Å². The predicted molar refractivity (Wildman–Crippen MR) is 106 cm³/mol. The van der Waals surface area contributed by atoms with Gasteiger partial charge in [-0.1, -0.05) is 0 Å². The van der Waals surface area contributed by atoms with Crippen LogP contribution in [0, 0.1) is 0 Å². The fraction of sp³-hybridized carbons (Fsp3) is 0.722. The number of aromatic nitrogens is 2. The summed E-state index contributed by atoms with van der Waals surface area (Å²) >= 11 is 0. The molecule has 7 nitrogen and oxygen atoms in total. The highest BCUT2D eigenvalue weighted by molar-refractivity contribution is 5.79. The van der Waals surface area contributed by atoms with E-state index in [-0.39, 0.29) is 5.95 Å². The van der Waals surface area contributed by atoms with Gasteiger partial charge >= 0.3 is 6.18 Å². The Morgan fingerprint density at radius 1 is 1.14 bits per heavy atom. The van der Waals surface area contributed by atoms with Crippen LogP contribution in [-0.4, -0.2) is 65.6 Å². The summed E-state index contributed by atoms with van der Waals surface area (Å²) in [6.45, 7) is 13.7. The highest BCUT2D eigenvalue weighted by Gasteiger charge is 2.32. The number of guanidine groups is 1. The molecule has 28 heavy (non-hydrogen) atoms. The molecule has 0 aliphatic rings. The van der Waals surface area contributed by atoms with Gasteiger partial charge in [-0.2, -0.15) is 13.2 Å². The quantitative estimate of drug-likeness (QED) is 0.317. The van der Waals surface area contributed by atoms with Crippen LogP contribution < -0.4 is 16.0 Å². The van der Waals surface area contributed by atoms with Gasteiger partial charge in [0.25, 0.3) is 0 Å². The first kappa shape index (κ1) is 23.9. The van der Waals surface area contributed by atoms with E-state index >= 15 is 0 Å². The number of hydrogen-bond donors (Lipinski definition) is 3. The molecule has 0 aromatic carbocycles. The molecule has 0 aliphatic carbocycles. The van der Waals surface area contributed by atoms with Crippen LogP contribution in [0.5, 0.6) is 0 Å². The largest absolute Gasteiger partial charge is 0.433 e. The minimum absolute atomic E-state index is 0.0527. The third kappa shape index (κ3) is 8.73. The summed E-state index contributed by atoms with van der Waals surface area (Å²) in [5, 5.41) is 9.09. The van der Waals surface area contributed by atoms with E-state index < -0.39 is 11.9 Å². The minimum Gasteiger partial charge on any atom is -0.357 e. The molecule has 0 radical (unpaired) electrons. The number of anilines is 1. The van der Waals surface area contributed by atoms with Gasteiger partial charge in [0.1, 0.15) is 5.69 Å². The maximum atomic E-state index is 12.7. The van der Waals surface area contributed by atoms with E-state index in [1.807, 2.05) is 6.92 Å². The van der Waals surface area contributed by atoms with Gasteiger partial charge in [-0.3, -0.25) is 9.89 Å². The molecule has 160 valence electrons. The number of alkyl halides is 3. The fourth-order valence-corrected chi connectivity index (χ4v) is 2.69. The second kappa shape index (κ2) is 11.7. The number of rotatable bonds is 10. The number of nitrogens with zero attached hydrogens (tertiary/aromatic N) is 4. The summed E-state index contributed by atoms with van der Waals surface area (Å²) < 4.78 is 38.0. The Bertz CT molecular complexity index is 595. The number of hydrogen-bond acceptors (Lipinski definition) is 5. The van der Waals surface area contributed by atoms with Crippen molar-refractivity contribution in [2.45, 2.75) is 52.9 Å². The van der Waals surface area contributed by atoms with Crippen molar-refractivity contribution in [1.82, 2.24) is 25.5 Å². The highest BCUT2D eigenvalue weighted by atomic mass is 19.4. The minimum atomic E-state index is -4.48. The SMILES string of the molecule is CCNC(=NCCN(C(C)C)C(C)C)NCCNc1nccc(C(F)(F)F)n1. The van der Waals surface area contributed by atoms with E-state index in [1.54, 1.807) is 0 Å². The lowest BCUT2D eigenvalue weighted by atomic mass is 10.2. The van der Waals surface area contributed by atoms with Crippen molar-refractivity contribution in [1.29, 1.82) is 0 Å². The molecule has 1 rings (SSSR count). The first-order valence-corrected chi connectivity index (χ1v) is 9.57. The topological polar surface area (TPSA) is 77.5 Å². The molecule has 10 heteroatoms. The van der Waals surface area contributed by atoms with E-state index in [2.05, 4.69) is 63.5 Å². The molecule has 3 N–H and O–H groups in total. The molecule has 0 fully saturated rings. The molecule has 1 aromatic rings. The molecule has 1 aromatic heterocycles. The van der Waals surface area contributed by atoms with Crippen LogP contribution in [-0.2, 0) is 6.18 Å². The lowest BCUT2D eigenvalue weighted by molar-refractivity contribution is -0.141. The second-order valence-corrected chi connectivity index (χ2v) is 6.80. The van der Waals surface area contributed by atoms with Gasteiger partial charge in [0.2, 0.25) is 5.95 Å². The van der Waals surface area contributed by atoms with Crippen LogP contribution in [0.25, 0.3) is 0 Å². The van der Waals surface area contributed by atoms with Crippen molar-refractivity contribution in [2.24, 2.45) is 4.99 Å². The predicted octanol–water partition coefficient (Wildman–Crippen LogP) is 2.58. The maximum absolute atomic E-state index is 12.7. The zero-order chi connectivity index (χ0) is 21.2. The van der Waals surface area contributed by atoms with E-state index in [0.29, 0.717) is 44.2 Å². The third-order valence-corrected chi connectivity index (χ3v) is 3.95. The van der Waals surface area contributed by atoms with Crippen LogP contribution >= 0.6 is 0 Å². The van der Waals surface area contributed by atoms with E-state index in [9.17, 15) is 13.2 Å². The maximum Gasteiger partial charge on any atom is 0.433 e. The summed E-state index contributed by atoms with van der Waals surface area (Å²) in [5.41, 5.74) is -0.965. The number of nitrogens with one attached hydrogen (secondary N) is 3. The van der Waals surface area contributed by atoms with Gasteiger partial charge in [-0.25, -0.2) is 9.97 Å². The first-order chi connectivity index (χ1) is 13.1. The van der Waals surface area contributed by atoms with E-state index in [0.717, 1.165) is 18.8 Å². The molecular weight excluding hydrogens is 371 g/mol. The van der Waals surface area contributed by atoms with Gasteiger partial charge in [0.15, 0.2) is 5.96 Å². The van der Waals surface area contributed by atoms with Crippen molar-refractivity contribution >= 4 is 11.9 Å². The van der Waals surface area contributed by atoms with Crippen molar-refractivity contribution in [3.8, 4) is 0 Å². The highest BCUT2D eigenvalue weighted by Crippen LogP contribution is 2.27. The molecule has 0 saturated heterocycles. The Balaban J connectivity index is 2.49.